The topological polar surface area (TPSA) is 47.3 Å². The Labute approximate surface area is 91.4 Å². The summed E-state index contributed by atoms with van der Waals surface area (Å²) >= 11 is 0. The number of halogens is 3. The summed E-state index contributed by atoms with van der Waals surface area (Å²) in [5.74, 6) is -0.515. The molecule has 16 heavy (non-hydrogen) atoms. The van der Waals surface area contributed by atoms with E-state index < -0.39 is 18.8 Å². The van der Waals surface area contributed by atoms with Crippen LogP contribution in [0.25, 0.3) is 0 Å². The lowest BCUT2D eigenvalue weighted by Crippen LogP contribution is -2.14. The van der Waals surface area contributed by atoms with Crippen molar-refractivity contribution in [3.63, 3.8) is 0 Å². The second kappa shape index (κ2) is 6.22. The Morgan fingerprint density at radius 3 is 2.81 bits per heavy atom. The Morgan fingerprint density at radius 1 is 1.38 bits per heavy atom. The van der Waals surface area contributed by atoms with E-state index in [0.29, 0.717) is 12.2 Å². The third-order valence-corrected chi connectivity index (χ3v) is 1.86. The molecular weight excluding hydrogens is 221 g/mol. The van der Waals surface area contributed by atoms with E-state index in [1.54, 1.807) is 6.07 Å². The van der Waals surface area contributed by atoms with Crippen LogP contribution in [0.15, 0.2) is 18.2 Å². The Morgan fingerprint density at radius 2 is 2.12 bits per heavy atom. The summed E-state index contributed by atoms with van der Waals surface area (Å²) in [6, 6.07) is 4.35. The summed E-state index contributed by atoms with van der Waals surface area (Å²) in [4.78, 5) is 0. The molecule has 6 heteroatoms. The molecule has 0 unspecified atom stereocenters. The van der Waals surface area contributed by atoms with Crippen LogP contribution in [0.5, 0.6) is 0 Å². The lowest BCUT2D eigenvalue weighted by Gasteiger charge is -2.09. The highest BCUT2D eigenvalue weighted by atomic mass is 19.3. The summed E-state index contributed by atoms with van der Waals surface area (Å²) in [6.45, 7) is -0.193. The van der Waals surface area contributed by atoms with Crippen LogP contribution < -0.4 is 11.1 Å². The number of benzene rings is 1. The lowest BCUT2D eigenvalue weighted by atomic mass is 10.2. The molecule has 1 aromatic carbocycles. The fraction of sp³-hybridized carbons (Fsp3) is 0.400. The second-order valence-corrected chi connectivity index (χ2v) is 3.09. The fourth-order valence-corrected chi connectivity index (χ4v) is 1.12. The molecule has 0 heterocycles. The number of hydrogen-bond acceptors (Lipinski definition) is 3. The van der Waals surface area contributed by atoms with Crippen molar-refractivity contribution in [1.29, 1.82) is 0 Å². The van der Waals surface area contributed by atoms with Gasteiger partial charge in [-0.1, -0.05) is 6.07 Å². The SMILES string of the molecule is Nc1c(F)cccc1NCCOCC(F)F. The molecule has 0 atom stereocenters. The van der Waals surface area contributed by atoms with E-state index in [2.05, 4.69) is 10.1 Å². The van der Waals surface area contributed by atoms with Gasteiger partial charge in [0, 0.05) is 6.54 Å². The molecule has 0 radical (unpaired) electrons. The smallest absolute Gasteiger partial charge is 0.261 e. The van der Waals surface area contributed by atoms with Gasteiger partial charge in [-0.05, 0) is 12.1 Å². The van der Waals surface area contributed by atoms with Crippen LogP contribution in [0.4, 0.5) is 24.5 Å². The van der Waals surface area contributed by atoms with Gasteiger partial charge in [-0.25, -0.2) is 13.2 Å². The molecular formula is C10H13F3N2O. The van der Waals surface area contributed by atoms with Crippen molar-refractivity contribution in [2.24, 2.45) is 0 Å². The zero-order valence-corrected chi connectivity index (χ0v) is 8.55. The highest BCUT2D eigenvalue weighted by Gasteiger charge is 2.04. The van der Waals surface area contributed by atoms with Crippen molar-refractivity contribution in [2.45, 2.75) is 6.43 Å². The van der Waals surface area contributed by atoms with E-state index in [9.17, 15) is 13.2 Å². The molecule has 0 aliphatic carbocycles. The molecule has 0 aromatic heterocycles. The van der Waals surface area contributed by atoms with Crippen LogP contribution in [0.2, 0.25) is 0 Å². The first-order valence-corrected chi connectivity index (χ1v) is 4.75. The van der Waals surface area contributed by atoms with Gasteiger partial charge in [0.15, 0.2) is 0 Å². The predicted molar refractivity (Wildman–Crippen MR) is 56.1 cm³/mol. The number of rotatable bonds is 6. The second-order valence-electron chi connectivity index (χ2n) is 3.09. The van der Waals surface area contributed by atoms with Crippen molar-refractivity contribution in [2.75, 3.05) is 30.8 Å². The molecule has 0 bridgehead atoms. The Bertz CT molecular complexity index is 334. The third-order valence-electron chi connectivity index (χ3n) is 1.86. The molecule has 1 aromatic rings. The van der Waals surface area contributed by atoms with Gasteiger partial charge in [-0.15, -0.1) is 0 Å². The molecule has 0 saturated carbocycles. The maximum absolute atomic E-state index is 13.0. The number of anilines is 2. The molecule has 90 valence electrons. The Hall–Kier alpha value is -1.43. The van der Waals surface area contributed by atoms with Gasteiger partial charge < -0.3 is 15.8 Å². The van der Waals surface area contributed by atoms with E-state index in [1.165, 1.54) is 12.1 Å². The minimum atomic E-state index is -2.47. The number of alkyl halides is 2. The minimum Gasteiger partial charge on any atom is -0.395 e. The van der Waals surface area contributed by atoms with Gasteiger partial charge >= 0.3 is 0 Å². The van der Waals surface area contributed by atoms with Crippen molar-refractivity contribution < 1.29 is 17.9 Å². The summed E-state index contributed by atoms with van der Waals surface area (Å²) in [6.07, 6.45) is -2.47. The number of nitrogens with one attached hydrogen (secondary N) is 1. The summed E-state index contributed by atoms with van der Waals surface area (Å²) in [5, 5.41) is 2.79. The normalized spacial score (nSPS) is 10.8. The summed E-state index contributed by atoms with van der Waals surface area (Å²) in [5.41, 5.74) is 5.89. The first-order chi connectivity index (χ1) is 7.61. The number of nitrogen functional groups attached to an aromatic ring is 1. The molecule has 3 nitrogen and oxygen atoms in total. The number of hydrogen-bond donors (Lipinski definition) is 2. The van der Waals surface area contributed by atoms with Crippen LogP contribution in [0.3, 0.4) is 0 Å². The molecule has 0 spiro atoms. The molecule has 0 aliphatic rings. The van der Waals surface area contributed by atoms with Crippen LogP contribution in [0, 0.1) is 5.82 Å². The van der Waals surface area contributed by atoms with E-state index >= 15 is 0 Å². The zero-order valence-electron chi connectivity index (χ0n) is 8.55. The number of nitrogens with two attached hydrogens (primary N) is 1. The minimum absolute atomic E-state index is 0.0105. The highest BCUT2D eigenvalue weighted by Crippen LogP contribution is 2.20. The first kappa shape index (κ1) is 12.6. The Kier molecular flexibility index (Phi) is 4.91. The van der Waals surface area contributed by atoms with Crippen molar-refractivity contribution in [1.82, 2.24) is 0 Å². The van der Waals surface area contributed by atoms with Crippen LogP contribution in [-0.2, 0) is 4.74 Å². The quantitative estimate of drug-likeness (QED) is 0.585. The zero-order chi connectivity index (χ0) is 12.0. The van der Waals surface area contributed by atoms with Gasteiger partial charge in [0.25, 0.3) is 6.43 Å². The van der Waals surface area contributed by atoms with E-state index in [0.717, 1.165) is 0 Å². The van der Waals surface area contributed by atoms with Crippen LogP contribution >= 0.6 is 0 Å². The van der Waals surface area contributed by atoms with Gasteiger partial charge in [0.05, 0.1) is 18.0 Å². The molecule has 1 rings (SSSR count). The van der Waals surface area contributed by atoms with Crippen molar-refractivity contribution in [3.05, 3.63) is 24.0 Å². The van der Waals surface area contributed by atoms with Gasteiger partial charge in [0.2, 0.25) is 0 Å². The third kappa shape index (κ3) is 3.98. The van der Waals surface area contributed by atoms with Gasteiger partial charge in [0.1, 0.15) is 12.4 Å². The summed E-state index contributed by atoms with van der Waals surface area (Å²) in [7, 11) is 0. The molecule has 0 aliphatic heterocycles. The van der Waals surface area contributed by atoms with Gasteiger partial charge in [-0.2, -0.15) is 0 Å². The van der Waals surface area contributed by atoms with E-state index in [4.69, 9.17) is 5.73 Å². The standard InChI is InChI=1S/C10H13F3N2O/c11-7-2-1-3-8(10(7)14)15-4-5-16-6-9(12)13/h1-3,9,15H,4-6,14H2. The highest BCUT2D eigenvalue weighted by molar-refractivity contribution is 5.66. The van der Waals surface area contributed by atoms with Gasteiger partial charge in [-0.3, -0.25) is 0 Å². The fourth-order valence-electron chi connectivity index (χ4n) is 1.12. The largest absolute Gasteiger partial charge is 0.395 e. The van der Waals surface area contributed by atoms with Crippen molar-refractivity contribution >= 4 is 11.4 Å². The average Bonchev–Trinajstić information content (AvgIpc) is 2.23. The van der Waals surface area contributed by atoms with Crippen LogP contribution in [0.1, 0.15) is 0 Å². The maximum atomic E-state index is 13.0. The van der Waals surface area contributed by atoms with Crippen molar-refractivity contribution in [3.8, 4) is 0 Å². The van der Waals surface area contributed by atoms with E-state index in [-0.39, 0.29) is 12.3 Å². The molecule has 0 amide bonds. The number of ether oxygens (including phenoxy) is 1. The summed E-state index contributed by atoms with van der Waals surface area (Å²) < 4.78 is 41.0. The monoisotopic (exact) mass is 234 g/mol. The van der Waals surface area contributed by atoms with Crippen LogP contribution in [-0.4, -0.2) is 26.2 Å². The number of para-hydroxylation sites is 1. The van der Waals surface area contributed by atoms with E-state index in [1.807, 2.05) is 0 Å². The maximum Gasteiger partial charge on any atom is 0.261 e. The predicted octanol–water partition coefficient (Wildman–Crippen LogP) is 2.10. The molecule has 0 saturated heterocycles. The Balaban J connectivity index is 2.29. The molecule has 3 N–H and O–H groups in total. The molecule has 0 fully saturated rings. The lowest BCUT2D eigenvalue weighted by molar-refractivity contribution is 0.0215. The average molecular weight is 234 g/mol. The first-order valence-electron chi connectivity index (χ1n) is 4.75.